The van der Waals surface area contributed by atoms with Crippen molar-refractivity contribution in [3.8, 4) is 11.8 Å². The van der Waals surface area contributed by atoms with Crippen LogP contribution >= 0.6 is 11.6 Å². The number of benzene rings is 1. The molecule has 0 spiro atoms. The summed E-state index contributed by atoms with van der Waals surface area (Å²) in [5.74, 6) is 1.15. The summed E-state index contributed by atoms with van der Waals surface area (Å²) in [6.07, 6.45) is 2.39. The quantitative estimate of drug-likeness (QED) is 0.754. The van der Waals surface area contributed by atoms with Crippen molar-refractivity contribution in [1.82, 2.24) is 0 Å². The molecule has 0 aromatic heterocycles. The molecule has 0 radical (unpaired) electrons. The van der Waals surface area contributed by atoms with Crippen molar-refractivity contribution in [3.63, 3.8) is 0 Å². The van der Waals surface area contributed by atoms with Crippen LogP contribution in [0.5, 0.6) is 5.75 Å². The van der Waals surface area contributed by atoms with Crippen molar-refractivity contribution < 1.29 is 9.53 Å². The molecular formula is C12H10ClNO2. The Hall–Kier alpha value is -1.53. The van der Waals surface area contributed by atoms with Gasteiger partial charge in [-0.05, 0) is 48.6 Å². The molecule has 0 bridgehead atoms. The zero-order valence-corrected chi connectivity index (χ0v) is 9.33. The summed E-state index contributed by atoms with van der Waals surface area (Å²) in [5, 5.41) is 8.36. The fourth-order valence-corrected chi connectivity index (χ4v) is 1.48. The highest BCUT2D eigenvalue weighted by Gasteiger charge is 2.22. The van der Waals surface area contributed by atoms with Gasteiger partial charge in [0.25, 0.3) is 5.24 Å². The van der Waals surface area contributed by atoms with Gasteiger partial charge in [-0.1, -0.05) is 0 Å². The molecule has 16 heavy (non-hydrogen) atoms. The molecule has 4 heteroatoms. The summed E-state index contributed by atoms with van der Waals surface area (Å²) in [4.78, 5) is 10.9. The van der Waals surface area contributed by atoms with Gasteiger partial charge in [0.1, 0.15) is 11.8 Å². The van der Waals surface area contributed by atoms with Crippen molar-refractivity contribution in [1.29, 1.82) is 5.26 Å². The molecule has 0 saturated heterocycles. The first-order valence-corrected chi connectivity index (χ1v) is 5.45. The molecule has 1 saturated carbocycles. The van der Waals surface area contributed by atoms with Crippen LogP contribution in [0.4, 0.5) is 0 Å². The molecule has 3 nitrogen and oxygen atoms in total. The first kappa shape index (κ1) is 11.0. The van der Waals surface area contributed by atoms with Gasteiger partial charge in [0.15, 0.2) is 0 Å². The van der Waals surface area contributed by atoms with Gasteiger partial charge in [0.05, 0.1) is 12.2 Å². The van der Waals surface area contributed by atoms with E-state index in [2.05, 4.69) is 0 Å². The Bertz CT molecular complexity index is 461. The third-order valence-corrected chi connectivity index (χ3v) is 2.72. The van der Waals surface area contributed by atoms with E-state index in [4.69, 9.17) is 21.6 Å². The van der Waals surface area contributed by atoms with Gasteiger partial charge >= 0.3 is 0 Å². The zero-order valence-electron chi connectivity index (χ0n) is 8.57. The highest BCUT2D eigenvalue weighted by Crippen LogP contribution is 2.30. The minimum Gasteiger partial charge on any atom is -0.492 e. The topological polar surface area (TPSA) is 50.1 Å². The standard InChI is InChI=1S/C12H10ClNO2/c13-12(15)9-3-4-11(10(5-9)6-14)16-7-8-1-2-8/h3-5,8H,1-2,7H2. The maximum Gasteiger partial charge on any atom is 0.252 e. The highest BCUT2D eigenvalue weighted by atomic mass is 35.5. The molecule has 1 aromatic rings. The largest absolute Gasteiger partial charge is 0.492 e. The van der Waals surface area contributed by atoms with E-state index in [9.17, 15) is 4.79 Å². The second-order valence-electron chi connectivity index (χ2n) is 3.85. The van der Waals surface area contributed by atoms with E-state index in [1.807, 2.05) is 6.07 Å². The Morgan fingerprint density at radius 3 is 2.88 bits per heavy atom. The van der Waals surface area contributed by atoms with E-state index in [1.54, 1.807) is 12.1 Å². The molecule has 0 atom stereocenters. The van der Waals surface area contributed by atoms with Gasteiger partial charge in [-0.15, -0.1) is 0 Å². The molecule has 1 aliphatic rings. The minimum atomic E-state index is -0.565. The van der Waals surface area contributed by atoms with Crippen LogP contribution in [0, 0.1) is 17.2 Å². The van der Waals surface area contributed by atoms with Gasteiger partial charge in [0, 0.05) is 5.56 Å². The summed E-state index contributed by atoms with van der Waals surface area (Å²) in [7, 11) is 0. The average molecular weight is 236 g/mol. The molecule has 0 amide bonds. The SMILES string of the molecule is N#Cc1cc(C(=O)Cl)ccc1OCC1CC1. The number of ether oxygens (including phenoxy) is 1. The second-order valence-corrected chi connectivity index (χ2v) is 4.19. The lowest BCUT2D eigenvalue weighted by Gasteiger charge is -2.07. The normalized spacial score (nSPS) is 14.2. The fourth-order valence-electron chi connectivity index (χ4n) is 1.36. The Morgan fingerprint density at radius 2 is 2.31 bits per heavy atom. The molecule has 2 rings (SSSR count). The molecular weight excluding hydrogens is 226 g/mol. The van der Waals surface area contributed by atoms with Crippen molar-refractivity contribution in [2.24, 2.45) is 5.92 Å². The number of hydrogen-bond acceptors (Lipinski definition) is 3. The van der Waals surface area contributed by atoms with Crippen LogP contribution in [-0.4, -0.2) is 11.8 Å². The lowest BCUT2D eigenvalue weighted by atomic mass is 10.1. The van der Waals surface area contributed by atoms with E-state index < -0.39 is 5.24 Å². The van der Waals surface area contributed by atoms with E-state index in [1.165, 1.54) is 18.9 Å². The van der Waals surface area contributed by atoms with Crippen LogP contribution in [0.15, 0.2) is 18.2 Å². The van der Waals surface area contributed by atoms with Crippen molar-refractivity contribution in [2.75, 3.05) is 6.61 Å². The average Bonchev–Trinajstić information content (AvgIpc) is 3.09. The second kappa shape index (κ2) is 4.54. The number of carbonyl (C=O) groups excluding carboxylic acids is 1. The molecule has 82 valence electrons. The summed E-state index contributed by atoms with van der Waals surface area (Å²) >= 11 is 5.33. The minimum absolute atomic E-state index is 0.317. The van der Waals surface area contributed by atoms with Crippen LogP contribution in [0.1, 0.15) is 28.8 Å². The maximum atomic E-state index is 10.9. The Kier molecular flexibility index (Phi) is 3.12. The Morgan fingerprint density at radius 1 is 1.56 bits per heavy atom. The molecule has 0 unspecified atom stereocenters. The van der Waals surface area contributed by atoms with Crippen LogP contribution in [0.3, 0.4) is 0 Å². The van der Waals surface area contributed by atoms with E-state index >= 15 is 0 Å². The Labute approximate surface area is 98.6 Å². The van der Waals surface area contributed by atoms with Crippen LogP contribution in [0.2, 0.25) is 0 Å². The Balaban J connectivity index is 2.17. The van der Waals surface area contributed by atoms with E-state index in [-0.39, 0.29) is 0 Å². The van der Waals surface area contributed by atoms with Gasteiger partial charge < -0.3 is 4.74 Å². The molecule has 1 fully saturated rings. The third kappa shape index (κ3) is 2.53. The molecule has 0 heterocycles. The van der Waals surface area contributed by atoms with Crippen molar-refractivity contribution in [3.05, 3.63) is 29.3 Å². The van der Waals surface area contributed by atoms with Gasteiger partial charge in [0.2, 0.25) is 0 Å². The van der Waals surface area contributed by atoms with E-state index in [0.29, 0.717) is 29.4 Å². The predicted molar refractivity (Wildman–Crippen MR) is 59.6 cm³/mol. The molecule has 1 aromatic carbocycles. The van der Waals surface area contributed by atoms with Crippen molar-refractivity contribution >= 4 is 16.8 Å². The van der Waals surface area contributed by atoms with Crippen LogP contribution in [0.25, 0.3) is 0 Å². The van der Waals surface area contributed by atoms with Gasteiger partial charge in [-0.25, -0.2) is 0 Å². The fraction of sp³-hybridized carbons (Fsp3) is 0.333. The summed E-state index contributed by atoms with van der Waals surface area (Å²) in [6.45, 7) is 0.642. The summed E-state index contributed by atoms with van der Waals surface area (Å²) in [6, 6.07) is 6.64. The number of nitriles is 1. The number of hydrogen-bond donors (Lipinski definition) is 0. The summed E-state index contributed by atoms with van der Waals surface area (Å²) < 4.78 is 5.51. The monoisotopic (exact) mass is 235 g/mol. The van der Waals surface area contributed by atoms with E-state index in [0.717, 1.165) is 0 Å². The molecule has 0 N–H and O–H groups in total. The number of nitrogens with zero attached hydrogens (tertiary/aromatic N) is 1. The summed E-state index contributed by atoms with van der Waals surface area (Å²) in [5.41, 5.74) is 0.670. The van der Waals surface area contributed by atoms with Crippen molar-refractivity contribution in [2.45, 2.75) is 12.8 Å². The predicted octanol–water partition coefficient (Wildman–Crippen LogP) is 2.73. The third-order valence-electron chi connectivity index (χ3n) is 2.50. The first-order chi connectivity index (χ1) is 7.70. The maximum absolute atomic E-state index is 10.9. The molecule has 0 aliphatic heterocycles. The smallest absolute Gasteiger partial charge is 0.252 e. The molecule has 1 aliphatic carbocycles. The lowest BCUT2D eigenvalue weighted by molar-refractivity contribution is 0.108. The number of carbonyl (C=O) groups is 1. The highest BCUT2D eigenvalue weighted by molar-refractivity contribution is 6.67. The lowest BCUT2D eigenvalue weighted by Crippen LogP contribution is -2.01. The van der Waals surface area contributed by atoms with Gasteiger partial charge in [-0.2, -0.15) is 5.26 Å². The number of rotatable bonds is 4. The van der Waals surface area contributed by atoms with Gasteiger partial charge in [-0.3, -0.25) is 4.79 Å². The van der Waals surface area contributed by atoms with Crippen LogP contribution in [-0.2, 0) is 0 Å². The first-order valence-electron chi connectivity index (χ1n) is 5.07. The zero-order chi connectivity index (χ0) is 11.5. The van der Waals surface area contributed by atoms with Crippen LogP contribution < -0.4 is 4.74 Å². The number of halogens is 1.